The molecule has 2 aliphatic heterocycles. The maximum Gasteiger partial charge on any atom is 0.241 e. The molecule has 0 N–H and O–H groups in total. The largest absolute Gasteiger partial charge is 0.379 e. The van der Waals surface area contributed by atoms with Gasteiger partial charge in [-0.25, -0.2) is 0 Å². The number of ether oxygens (including phenoxy) is 1. The fraction of sp³-hybridized carbons (Fsp3) is 0.636. The Bertz CT molecular complexity index is 734. The first kappa shape index (κ1) is 19.6. The van der Waals surface area contributed by atoms with E-state index in [1.165, 1.54) is 18.4 Å². The minimum absolute atomic E-state index is 0.704. The molecule has 2 aliphatic rings. The molecule has 0 radical (unpaired) electrons. The summed E-state index contributed by atoms with van der Waals surface area (Å²) >= 11 is 0. The molecular formula is C22H32N4O2. The monoisotopic (exact) mass is 384 g/mol. The van der Waals surface area contributed by atoms with Gasteiger partial charge in [-0.3, -0.25) is 9.80 Å². The summed E-state index contributed by atoms with van der Waals surface area (Å²) in [6.45, 7) is 10.3. The minimum atomic E-state index is 0.704. The Balaban J connectivity index is 1.30. The van der Waals surface area contributed by atoms with E-state index >= 15 is 0 Å². The summed E-state index contributed by atoms with van der Waals surface area (Å²) in [5.41, 5.74) is 2.38. The molecule has 0 aliphatic carbocycles. The number of morpholine rings is 1. The molecule has 0 saturated carbocycles. The first-order valence-corrected chi connectivity index (χ1v) is 10.7. The molecule has 3 heterocycles. The maximum absolute atomic E-state index is 5.53. The summed E-state index contributed by atoms with van der Waals surface area (Å²) in [6.07, 6.45) is 4.75. The van der Waals surface area contributed by atoms with E-state index in [2.05, 4.69) is 51.1 Å². The van der Waals surface area contributed by atoms with E-state index in [0.717, 1.165) is 82.7 Å². The van der Waals surface area contributed by atoms with Gasteiger partial charge in [0.2, 0.25) is 11.7 Å². The number of aryl methyl sites for hydroxylation is 1. The van der Waals surface area contributed by atoms with Gasteiger partial charge in [0.15, 0.2) is 0 Å². The van der Waals surface area contributed by atoms with Crippen LogP contribution in [-0.2, 0) is 17.7 Å². The Morgan fingerprint density at radius 3 is 2.71 bits per heavy atom. The zero-order valence-electron chi connectivity index (χ0n) is 17.0. The van der Waals surface area contributed by atoms with Gasteiger partial charge in [-0.05, 0) is 62.9 Å². The number of hydrogen-bond donors (Lipinski definition) is 0. The lowest BCUT2D eigenvalue weighted by molar-refractivity contribution is 0.0375. The highest BCUT2D eigenvalue weighted by Gasteiger charge is 2.18. The first-order valence-electron chi connectivity index (χ1n) is 10.7. The van der Waals surface area contributed by atoms with Crippen LogP contribution in [-0.4, -0.2) is 65.9 Å². The Morgan fingerprint density at radius 2 is 1.89 bits per heavy atom. The molecule has 4 rings (SSSR count). The SMILES string of the molecule is CC1CCN(Cc2nc(-c3cccc(CCCN4CCOCC4)c3)no2)CC1. The quantitative estimate of drug-likeness (QED) is 0.731. The summed E-state index contributed by atoms with van der Waals surface area (Å²) in [6, 6.07) is 8.57. The lowest BCUT2D eigenvalue weighted by Crippen LogP contribution is -2.36. The molecule has 2 saturated heterocycles. The Morgan fingerprint density at radius 1 is 1.07 bits per heavy atom. The highest BCUT2D eigenvalue weighted by Crippen LogP contribution is 2.21. The van der Waals surface area contributed by atoms with Crippen molar-refractivity contribution < 1.29 is 9.26 Å². The Hall–Kier alpha value is -1.76. The number of benzene rings is 1. The summed E-state index contributed by atoms with van der Waals surface area (Å²) in [5, 5.41) is 4.23. The van der Waals surface area contributed by atoms with Crippen LogP contribution in [0.3, 0.4) is 0 Å². The third kappa shape index (κ3) is 5.40. The zero-order chi connectivity index (χ0) is 19.2. The number of nitrogens with zero attached hydrogens (tertiary/aromatic N) is 4. The highest BCUT2D eigenvalue weighted by molar-refractivity contribution is 5.55. The second-order valence-corrected chi connectivity index (χ2v) is 8.23. The average molecular weight is 385 g/mol. The van der Waals surface area contributed by atoms with Crippen LogP contribution in [0.15, 0.2) is 28.8 Å². The van der Waals surface area contributed by atoms with E-state index in [1.54, 1.807) is 0 Å². The number of hydrogen-bond acceptors (Lipinski definition) is 6. The fourth-order valence-electron chi connectivity index (χ4n) is 4.05. The summed E-state index contributed by atoms with van der Waals surface area (Å²) in [5.74, 6) is 2.26. The maximum atomic E-state index is 5.53. The second-order valence-electron chi connectivity index (χ2n) is 8.23. The lowest BCUT2D eigenvalue weighted by atomic mass is 9.99. The van der Waals surface area contributed by atoms with Gasteiger partial charge >= 0.3 is 0 Å². The van der Waals surface area contributed by atoms with E-state index in [9.17, 15) is 0 Å². The Kier molecular flexibility index (Phi) is 6.73. The second kappa shape index (κ2) is 9.63. The van der Waals surface area contributed by atoms with Crippen LogP contribution in [0.1, 0.15) is 37.6 Å². The van der Waals surface area contributed by atoms with Gasteiger partial charge in [-0.2, -0.15) is 4.98 Å². The van der Waals surface area contributed by atoms with E-state index in [4.69, 9.17) is 9.26 Å². The minimum Gasteiger partial charge on any atom is -0.379 e. The van der Waals surface area contributed by atoms with E-state index in [1.807, 2.05) is 0 Å². The van der Waals surface area contributed by atoms with Crippen LogP contribution in [0.25, 0.3) is 11.4 Å². The number of likely N-dealkylation sites (tertiary alicyclic amines) is 1. The van der Waals surface area contributed by atoms with Gasteiger partial charge in [0, 0.05) is 18.7 Å². The number of aromatic nitrogens is 2. The van der Waals surface area contributed by atoms with Crippen molar-refractivity contribution in [2.45, 2.75) is 39.2 Å². The van der Waals surface area contributed by atoms with Crippen LogP contribution >= 0.6 is 0 Å². The van der Waals surface area contributed by atoms with Crippen molar-refractivity contribution in [3.63, 3.8) is 0 Å². The van der Waals surface area contributed by atoms with Gasteiger partial charge in [0.25, 0.3) is 0 Å². The zero-order valence-corrected chi connectivity index (χ0v) is 17.0. The molecule has 0 amide bonds. The van der Waals surface area contributed by atoms with Crippen LogP contribution in [0, 0.1) is 5.92 Å². The van der Waals surface area contributed by atoms with Crippen LogP contribution in [0.5, 0.6) is 0 Å². The lowest BCUT2D eigenvalue weighted by Gasteiger charge is -2.28. The van der Waals surface area contributed by atoms with Crippen LogP contribution in [0.4, 0.5) is 0 Å². The average Bonchev–Trinajstić information content (AvgIpc) is 3.19. The van der Waals surface area contributed by atoms with Gasteiger partial charge < -0.3 is 9.26 Å². The van der Waals surface area contributed by atoms with Gasteiger partial charge in [-0.1, -0.05) is 30.3 Å². The molecule has 1 aromatic heterocycles. The predicted octanol–water partition coefficient (Wildman–Crippen LogP) is 3.23. The van der Waals surface area contributed by atoms with Gasteiger partial charge in [0.1, 0.15) is 0 Å². The molecule has 0 spiro atoms. The predicted molar refractivity (Wildman–Crippen MR) is 109 cm³/mol. The van der Waals surface area contributed by atoms with Crippen molar-refractivity contribution in [2.24, 2.45) is 5.92 Å². The molecule has 0 bridgehead atoms. The molecule has 2 fully saturated rings. The number of rotatable bonds is 7. The number of piperidine rings is 1. The molecule has 2 aromatic rings. The molecule has 6 nitrogen and oxygen atoms in total. The van der Waals surface area contributed by atoms with Gasteiger partial charge in [0.05, 0.1) is 19.8 Å². The van der Waals surface area contributed by atoms with Crippen molar-refractivity contribution in [1.29, 1.82) is 0 Å². The summed E-state index contributed by atoms with van der Waals surface area (Å²) in [4.78, 5) is 9.55. The molecule has 0 unspecified atom stereocenters. The smallest absolute Gasteiger partial charge is 0.241 e. The molecular weight excluding hydrogens is 352 g/mol. The molecule has 152 valence electrons. The van der Waals surface area contributed by atoms with E-state index in [-0.39, 0.29) is 0 Å². The molecule has 0 atom stereocenters. The van der Waals surface area contributed by atoms with Gasteiger partial charge in [-0.15, -0.1) is 0 Å². The molecule has 28 heavy (non-hydrogen) atoms. The normalized spacial score (nSPS) is 19.9. The fourth-order valence-corrected chi connectivity index (χ4v) is 4.05. The van der Waals surface area contributed by atoms with E-state index in [0.29, 0.717) is 5.82 Å². The van der Waals surface area contributed by atoms with Crippen molar-refractivity contribution in [3.05, 3.63) is 35.7 Å². The molecule has 6 heteroatoms. The summed E-state index contributed by atoms with van der Waals surface area (Å²) in [7, 11) is 0. The standard InChI is InChI=1S/C22H32N4O2/c1-18-7-10-26(11-8-18)17-21-23-22(24-28-21)20-6-2-4-19(16-20)5-3-9-25-12-14-27-15-13-25/h2,4,6,16,18H,3,5,7-15,17H2,1H3. The Labute approximate surface area is 167 Å². The van der Waals surface area contributed by atoms with Crippen molar-refractivity contribution >= 4 is 0 Å². The summed E-state index contributed by atoms with van der Waals surface area (Å²) < 4.78 is 10.9. The van der Waals surface area contributed by atoms with E-state index < -0.39 is 0 Å². The van der Waals surface area contributed by atoms with Crippen molar-refractivity contribution in [2.75, 3.05) is 45.9 Å². The molecule has 1 aromatic carbocycles. The topological polar surface area (TPSA) is 54.6 Å². The van der Waals surface area contributed by atoms with Crippen molar-refractivity contribution in [3.8, 4) is 11.4 Å². The third-order valence-corrected chi connectivity index (χ3v) is 5.93. The third-order valence-electron chi connectivity index (χ3n) is 5.93. The van der Waals surface area contributed by atoms with Crippen LogP contribution < -0.4 is 0 Å². The highest BCUT2D eigenvalue weighted by atomic mass is 16.5. The van der Waals surface area contributed by atoms with Crippen molar-refractivity contribution in [1.82, 2.24) is 19.9 Å². The van der Waals surface area contributed by atoms with Crippen LogP contribution in [0.2, 0.25) is 0 Å². The first-order chi connectivity index (χ1) is 13.8.